The average molecular weight is 349 g/mol. The van der Waals surface area contributed by atoms with Crippen molar-refractivity contribution in [3.8, 4) is 0 Å². The summed E-state index contributed by atoms with van der Waals surface area (Å²) in [6, 6.07) is 12.1. The first-order valence-corrected chi connectivity index (χ1v) is 7.94. The molecule has 2 rings (SSSR count). The molecule has 0 unspecified atom stereocenters. The number of rotatable bonds is 5. The Hall–Kier alpha value is -1.55. The smallest absolute Gasteiger partial charge is 0.239 e. The fourth-order valence-corrected chi connectivity index (χ4v) is 2.58. The molecule has 0 aromatic heterocycles. The van der Waals surface area contributed by atoms with Crippen LogP contribution in [0.25, 0.3) is 10.8 Å². The number of amides is 1. The normalized spacial score (nSPS) is 11.4. The fraction of sp³-hybridized carbons (Fsp3) is 0.353. The second kappa shape index (κ2) is 6.48. The molecule has 0 fully saturated rings. The van der Waals surface area contributed by atoms with Gasteiger partial charge in [0.05, 0.1) is 6.54 Å². The van der Waals surface area contributed by atoms with E-state index in [0.717, 1.165) is 27.4 Å². The first-order chi connectivity index (χ1) is 9.93. The lowest BCUT2D eigenvalue weighted by Gasteiger charge is -2.24. The van der Waals surface area contributed by atoms with Crippen molar-refractivity contribution in [2.45, 2.75) is 32.7 Å². The Labute approximate surface area is 134 Å². The summed E-state index contributed by atoms with van der Waals surface area (Å²) in [6.07, 6.45) is 0.903. The summed E-state index contributed by atoms with van der Waals surface area (Å²) >= 11 is 3.55. The monoisotopic (exact) mass is 348 g/mol. The highest BCUT2D eigenvalue weighted by atomic mass is 79.9. The summed E-state index contributed by atoms with van der Waals surface area (Å²) in [6.45, 7) is 6.39. The number of benzene rings is 2. The quantitative estimate of drug-likeness (QED) is 0.844. The largest absolute Gasteiger partial charge is 0.376 e. The van der Waals surface area contributed by atoms with Crippen LogP contribution in [-0.2, 0) is 4.79 Å². The third kappa shape index (κ3) is 3.97. The first kappa shape index (κ1) is 15.8. The van der Waals surface area contributed by atoms with Crippen LogP contribution in [0.2, 0.25) is 0 Å². The Morgan fingerprint density at radius 2 is 1.81 bits per heavy atom. The van der Waals surface area contributed by atoms with Gasteiger partial charge in [0, 0.05) is 21.1 Å². The van der Waals surface area contributed by atoms with Gasteiger partial charge in [0.25, 0.3) is 0 Å². The molecule has 1 amide bonds. The predicted molar refractivity (Wildman–Crippen MR) is 92.7 cm³/mol. The first-order valence-electron chi connectivity index (χ1n) is 7.15. The van der Waals surface area contributed by atoms with E-state index in [1.165, 1.54) is 0 Å². The van der Waals surface area contributed by atoms with Crippen LogP contribution in [0.3, 0.4) is 0 Å². The molecule has 0 atom stereocenters. The van der Waals surface area contributed by atoms with Crippen LogP contribution in [0.1, 0.15) is 27.2 Å². The van der Waals surface area contributed by atoms with Gasteiger partial charge in [-0.15, -0.1) is 0 Å². The van der Waals surface area contributed by atoms with Gasteiger partial charge in [0.15, 0.2) is 0 Å². The molecule has 21 heavy (non-hydrogen) atoms. The molecule has 4 heteroatoms. The highest BCUT2D eigenvalue weighted by molar-refractivity contribution is 9.10. The second-order valence-electron chi connectivity index (χ2n) is 5.78. The molecule has 2 aromatic rings. The van der Waals surface area contributed by atoms with Gasteiger partial charge in [0.2, 0.25) is 5.91 Å². The van der Waals surface area contributed by atoms with Crippen LogP contribution in [0.4, 0.5) is 5.69 Å². The molecule has 0 aliphatic heterocycles. The maximum atomic E-state index is 12.0. The van der Waals surface area contributed by atoms with Crippen LogP contribution in [-0.4, -0.2) is 18.0 Å². The lowest BCUT2D eigenvalue weighted by molar-refractivity contribution is -0.121. The van der Waals surface area contributed by atoms with Crippen molar-refractivity contribution in [2.24, 2.45) is 0 Å². The molecule has 2 N–H and O–H groups in total. The summed E-state index contributed by atoms with van der Waals surface area (Å²) in [5.41, 5.74) is 0.804. The van der Waals surface area contributed by atoms with Crippen LogP contribution in [0, 0.1) is 0 Å². The van der Waals surface area contributed by atoms with E-state index >= 15 is 0 Å². The van der Waals surface area contributed by atoms with E-state index in [1.807, 2.05) is 38.1 Å². The number of anilines is 1. The van der Waals surface area contributed by atoms with Gasteiger partial charge in [-0.1, -0.05) is 47.1 Å². The molecule has 0 spiro atoms. The van der Waals surface area contributed by atoms with Crippen LogP contribution in [0.15, 0.2) is 40.9 Å². The fourth-order valence-electron chi connectivity index (χ4n) is 2.10. The van der Waals surface area contributed by atoms with E-state index in [1.54, 1.807) is 0 Å². The van der Waals surface area contributed by atoms with E-state index in [4.69, 9.17) is 0 Å². The Balaban J connectivity index is 2.11. The molecule has 2 aromatic carbocycles. The Kier molecular flexibility index (Phi) is 4.88. The zero-order valence-corrected chi connectivity index (χ0v) is 14.3. The molecule has 0 saturated carbocycles. The van der Waals surface area contributed by atoms with E-state index in [2.05, 4.69) is 45.6 Å². The number of hydrogen-bond acceptors (Lipinski definition) is 2. The molecule has 0 aliphatic carbocycles. The van der Waals surface area contributed by atoms with E-state index < -0.39 is 0 Å². The predicted octanol–water partition coefficient (Wildman–Crippen LogP) is 4.32. The van der Waals surface area contributed by atoms with E-state index in [0.29, 0.717) is 0 Å². The zero-order valence-electron chi connectivity index (χ0n) is 12.7. The summed E-state index contributed by atoms with van der Waals surface area (Å²) in [5, 5.41) is 8.50. The minimum atomic E-state index is -0.166. The van der Waals surface area contributed by atoms with Gasteiger partial charge in [-0.25, -0.2) is 0 Å². The minimum Gasteiger partial charge on any atom is -0.376 e. The van der Waals surface area contributed by atoms with Gasteiger partial charge in [-0.2, -0.15) is 0 Å². The minimum absolute atomic E-state index is 0.00819. The molecule has 0 bridgehead atoms. The summed E-state index contributed by atoms with van der Waals surface area (Å²) in [5.74, 6) is 0.00819. The van der Waals surface area contributed by atoms with Crippen molar-refractivity contribution in [3.05, 3.63) is 40.9 Å². The lowest BCUT2D eigenvalue weighted by atomic mass is 10.0. The number of halogens is 1. The summed E-state index contributed by atoms with van der Waals surface area (Å²) in [7, 11) is 0. The van der Waals surface area contributed by atoms with Gasteiger partial charge in [-0.05, 0) is 37.8 Å². The highest BCUT2D eigenvalue weighted by Gasteiger charge is 2.17. The Morgan fingerprint density at radius 3 is 2.48 bits per heavy atom. The SMILES string of the molecule is CCC(C)(C)NC(=O)CNc1ccc(Br)c2ccccc12. The number of hydrogen-bond donors (Lipinski definition) is 2. The van der Waals surface area contributed by atoms with Crippen LogP contribution >= 0.6 is 15.9 Å². The summed E-state index contributed by atoms with van der Waals surface area (Å²) in [4.78, 5) is 12.0. The third-order valence-corrected chi connectivity index (χ3v) is 4.36. The van der Waals surface area contributed by atoms with Gasteiger partial charge < -0.3 is 10.6 Å². The molecular weight excluding hydrogens is 328 g/mol. The van der Waals surface area contributed by atoms with Gasteiger partial charge in [0.1, 0.15) is 0 Å². The topological polar surface area (TPSA) is 41.1 Å². The lowest BCUT2D eigenvalue weighted by Crippen LogP contribution is -2.45. The van der Waals surface area contributed by atoms with E-state index in [9.17, 15) is 4.79 Å². The van der Waals surface area contributed by atoms with Crippen molar-refractivity contribution in [1.82, 2.24) is 5.32 Å². The molecule has 0 aliphatic rings. The van der Waals surface area contributed by atoms with Crippen molar-refractivity contribution < 1.29 is 4.79 Å². The maximum absolute atomic E-state index is 12.0. The van der Waals surface area contributed by atoms with Crippen molar-refractivity contribution in [2.75, 3.05) is 11.9 Å². The Bertz CT molecular complexity index is 652. The Morgan fingerprint density at radius 1 is 1.14 bits per heavy atom. The van der Waals surface area contributed by atoms with Gasteiger partial charge >= 0.3 is 0 Å². The molecule has 0 radical (unpaired) electrons. The zero-order chi connectivity index (χ0) is 15.5. The number of carbonyl (C=O) groups excluding carboxylic acids is 1. The van der Waals surface area contributed by atoms with Crippen molar-refractivity contribution in [3.63, 3.8) is 0 Å². The molecule has 112 valence electrons. The molecular formula is C17H21BrN2O. The second-order valence-corrected chi connectivity index (χ2v) is 6.63. The summed E-state index contributed by atoms with van der Waals surface area (Å²) < 4.78 is 1.06. The average Bonchev–Trinajstić information content (AvgIpc) is 2.46. The molecule has 0 heterocycles. The number of carbonyl (C=O) groups is 1. The van der Waals surface area contributed by atoms with Crippen LogP contribution < -0.4 is 10.6 Å². The standard InChI is InChI=1S/C17H21BrN2O/c1-4-17(2,3)20-16(21)11-19-15-10-9-14(18)12-7-5-6-8-13(12)15/h5-10,19H,4,11H2,1-3H3,(H,20,21). The van der Waals surface area contributed by atoms with E-state index in [-0.39, 0.29) is 18.0 Å². The number of nitrogens with one attached hydrogen (secondary N) is 2. The van der Waals surface area contributed by atoms with Crippen molar-refractivity contribution in [1.29, 1.82) is 0 Å². The molecule has 0 saturated heterocycles. The van der Waals surface area contributed by atoms with Crippen molar-refractivity contribution >= 4 is 38.3 Å². The highest BCUT2D eigenvalue weighted by Crippen LogP contribution is 2.29. The van der Waals surface area contributed by atoms with Crippen LogP contribution in [0.5, 0.6) is 0 Å². The maximum Gasteiger partial charge on any atom is 0.239 e. The third-order valence-electron chi connectivity index (χ3n) is 3.67. The number of fused-ring (bicyclic) bond motifs is 1. The van der Waals surface area contributed by atoms with Gasteiger partial charge in [-0.3, -0.25) is 4.79 Å². The molecule has 3 nitrogen and oxygen atoms in total.